The van der Waals surface area contributed by atoms with E-state index in [1.807, 2.05) is 40.1 Å². The number of aromatic nitrogens is 2. The highest BCUT2D eigenvalue weighted by molar-refractivity contribution is 5.68. The monoisotopic (exact) mass is 309 g/mol. The van der Waals surface area contributed by atoms with Crippen molar-refractivity contribution in [1.82, 2.24) is 19.8 Å². The van der Waals surface area contributed by atoms with Crippen LogP contribution in [0.3, 0.4) is 0 Å². The lowest BCUT2D eigenvalue weighted by atomic mass is 10.1. The van der Waals surface area contributed by atoms with Crippen molar-refractivity contribution in [3.05, 3.63) is 18.2 Å². The Labute approximate surface area is 131 Å². The zero-order valence-electron chi connectivity index (χ0n) is 13.9. The minimum absolute atomic E-state index is 0.0537. The molecule has 124 valence electrons. The maximum Gasteiger partial charge on any atom is 0.407 e. The zero-order valence-corrected chi connectivity index (χ0v) is 13.9. The van der Waals surface area contributed by atoms with Crippen LogP contribution in [0.4, 0.5) is 4.79 Å². The number of carbonyl (C=O) groups is 1. The average Bonchev–Trinajstić information content (AvgIpc) is 2.84. The molecular weight excluding hydrogens is 282 g/mol. The predicted molar refractivity (Wildman–Crippen MR) is 84.3 cm³/mol. The molecule has 3 N–H and O–H groups in total. The molecule has 7 nitrogen and oxygen atoms in total. The van der Waals surface area contributed by atoms with Crippen molar-refractivity contribution in [1.29, 1.82) is 0 Å². The first-order valence-corrected chi connectivity index (χ1v) is 7.74. The minimum atomic E-state index is -0.502. The van der Waals surface area contributed by atoms with Crippen molar-refractivity contribution in [3.63, 3.8) is 0 Å². The number of hydrogen-bond acceptors (Lipinski definition) is 5. The molecule has 7 heteroatoms. The number of imidazole rings is 1. The molecule has 22 heavy (non-hydrogen) atoms. The van der Waals surface area contributed by atoms with Crippen LogP contribution in [0.15, 0.2) is 12.4 Å². The van der Waals surface area contributed by atoms with Crippen LogP contribution in [0.5, 0.6) is 0 Å². The third-order valence-electron chi connectivity index (χ3n) is 3.81. The predicted octanol–water partition coefficient (Wildman–Crippen LogP) is 0.939. The van der Waals surface area contributed by atoms with Crippen LogP contribution in [0.1, 0.15) is 33.5 Å². The van der Waals surface area contributed by atoms with Gasteiger partial charge in [0.05, 0.1) is 6.54 Å². The number of fused-ring (bicyclic) bond motifs is 1. The molecule has 1 aliphatic rings. The van der Waals surface area contributed by atoms with Crippen LogP contribution in [-0.4, -0.2) is 51.3 Å². The van der Waals surface area contributed by atoms with E-state index < -0.39 is 11.7 Å². The van der Waals surface area contributed by atoms with Gasteiger partial charge in [0.15, 0.2) is 0 Å². The summed E-state index contributed by atoms with van der Waals surface area (Å²) in [6.45, 7) is 10.5. The SMILES string of the molecule is CC(NC(=O)OC(C)(C)C)C(CN)N1CCn2ccnc2C1. The molecule has 1 aromatic heterocycles. The second-order valence-electron chi connectivity index (χ2n) is 6.75. The van der Waals surface area contributed by atoms with Gasteiger partial charge in [0.2, 0.25) is 0 Å². The van der Waals surface area contributed by atoms with Gasteiger partial charge in [-0.2, -0.15) is 0 Å². The summed E-state index contributed by atoms with van der Waals surface area (Å²) < 4.78 is 7.46. The fourth-order valence-corrected chi connectivity index (χ4v) is 2.73. The first-order valence-electron chi connectivity index (χ1n) is 7.74. The van der Waals surface area contributed by atoms with Gasteiger partial charge in [-0.1, -0.05) is 0 Å². The lowest BCUT2D eigenvalue weighted by Crippen LogP contribution is -2.55. The summed E-state index contributed by atoms with van der Waals surface area (Å²) in [5.74, 6) is 1.04. The van der Waals surface area contributed by atoms with E-state index >= 15 is 0 Å². The van der Waals surface area contributed by atoms with E-state index in [1.54, 1.807) is 0 Å². The summed E-state index contributed by atoms with van der Waals surface area (Å²) in [5, 5.41) is 2.89. The Morgan fingerprint density at radius 2 is 2.23 bits per heavy atom. The molecular formula is C15H27N5O2. The van der Waals surface area contributed by atoms with Crippen LogP contribution in [-0.2, 0) is 17.8 Å². The Morgan fingerprint density at radius 1 is 1.50 bits per heavy atom. The van der Waals surface area contributed by atoms with Gasteiger partial charge in [-0.15, -0.1) is 0 Å². The summed E-state index contributed by atoms with van der Waals surface area (Å²) in [7, 11) is 0. The largest absolute Gasteiger partial charge is 0.444 e. The van der Waals surface area contributed by atoms with Gasteiger partial charge in [-0.05, 0) is 27.7 Å². The number of carbonyl (C=O) groups excluding carboxylic acids is 1. The van der Waals surface area contributed by atoms with Crippen molar-refractivity contribution in [3.8, 4) is 0 Å². The number of rotatable bonds is 4. The number of nitrogens with one attached hydrogen (secondary N) is 1. The molecule has 2 rings (SSSR count). The van der Waals surface area contributed by atoms with Crippen LogP contribution in [0.2, 0.25) is 0 Å². The number of ether oxygens (including phenoxy) is 1. The number of nitrogens with two attached hydrogens (primary N) is 1. The first-order chi connectivity index (χ1) is 10.3. The highest BCUT2D eigenvalue weighted by Crippen LogP contribution is 2.15. The summed E-state index contributed by atoms with van der Waals surface area (Å²) in [6.07, 6.45) is 3.41. The molecule has 0 saturated heterocycles. The van der Waals surface area contributed by atoms with Gasteiger partial charge in [0.1, 0.15) is 11.4 Å². The second-order valence-corrected chi connectivity index (χ2v) is 6.75. The highest BCUT2D eigenvalue weighted by atomic mass is 16.6. The van der Waals surface area contributed by atoms with E-state index in [1.165, 1.54) is 0 Å². The van der Waals surface area contributed by atoms with Crippen LogP contribution >= 0.6 is 0 Å². The quantitative estimate of drug-likeness (QED) is 0.864. The Bertz CT molecular complexity index is 508. The molecule has 2 unspecified atom stereocenters. The number of alkyl carbamates (subject to hydrolysis) is 1. The van der Waals surface area contributed by atoms with Crippen molar-refractivity contribution in [2.45, 2.75) is 58.5 Å². The summed E-state index contributed by atoms with van der Waals surface area (Å²) in [4.78, 5) is 18.5. The van der Waals surface area contributed by atoms with E-state index in [4.69, 9.17) is 10.5 Å². The second kappa shape index (κ2) is 6.66. The summed E-state index contributed by atoms with van der Waals surface area (Å²) in [6, 6.07) is -0.0423. The fourth-order valence-electron chi connectivity index (χ4n) is 2.73. The number of amides is 1. The molecule has 0 bridgehead atoms. The highest BCUT2D eigenvalue weighted by Gasteiger charge is 2.29. The van der Waals surface area contributed by atoms with Gasteiger partial charge in [-0.3, -0.25) is 4.90 Å². The van der Waals surface area contributed by atoms with Gasteiger partial charge >= 0.3 is 6.09 Å². The van der Waals surface area contributed by atoms with Crippen molar-refractivity contribution >= 4 is 6.09 Å². The van der Waals surface area contributed by atoms with Gasteiger partial charge < -0.3 is 20.4 Å². The van der Waals surface area contributed by atoms with Crippen molar-refractivity contribution in [2.75, 3.05) is 13.1 Å². The van der Waals surface area contributed by atoms with E-state index in [0.717, 1.165) is 25.5 Å². The normalized spacial score (nSPS) is 18.4. The molecule has 0 fully saturated rings. The molecule has 0 aromatic carbocycles. The van der Waals surface area contributed by atoms with E-state index in [9.17, 15) is 4.79 Å². The average molecular weight is 309 g/mol. The van der Waals surface area contributed by atoms with E-state index in [-0.39, 0.29) is 12.1 Å². The van der Waals surface area contributed by atoms with Crippen LogP contribution < -0.4 is 11.1 Å². The number of nitrogens with zero attached hydrogens (tertiary/aromatic N) is 3. The molecule has 0 aliphatic carbocycles. The van der Waals surface area contributed by atoms with Crippen LogP contribution in [0, 0.1) is 0 Å². The molecule has 1 aromatic rings. The third-order valence-corrected chi connectivity index (χ3v) is 3.81. The Morgan fingerprint density at radius 3 is 2.86 bits per heavy atom. The lowest BCUT2D eigenvalue weighted by molar-refractivity contribution is 0.0456. The first kappa shape index (κ1) is 16.8. The summed E-state index contributed by atoms with van der Waals surface area (Å²) >= 11 is 0. The van der Waals surface area contributed by atoms with Gasteiger partial charge in [0, 0.05) is 44.1 Å². The molecule has 1 amide bonds. The zero-order chi connectivity index (χ0) is 16.3. The van der Waals surface area contributed by atoms with Gasteiger partial charge in [-0.25, -0.2) is 9.78 Å². The van der Waals surface area contributed by atoms with Crippen molar-refractivity contribution < 1.29 is 9.53 Å². The third kappa shape index (κ3) is 4.20. The Hall–Kier alpha value is -1.60. The smallest absolute Gasteiger partial charge is 0.407 e. The molecule has 2 atom stereocenters. The lowest BCUT2D eigenvalue weighted by Gasteiger charge is -2.37. The van der Waals surface area contributed by atoms with Crippen molar-refractivity contribution in [2.24, 2.45) is 5.73 Å². The topological polar surface area (TPSA) is 85.4 Å². The standard InChI is InChI=1S/C15H27N5O2/c1-11(18-14(21)22-15(2,3)4)12(9-16)20-8-7-19-6-5-17-13(19)10-20/h5-6,11-12H,7-10,16H2,1-4H3,(H,18,21). The minimum Gasteiger partial charge on any atom is -0.444 e. The fraction of sp³-hybridized carbons (Fsp3) is 0.733. The maximum atomic E-state index is 11.9. The molecule has 2 heterocycles. The van der Waals surface area contributed by atoms with E-state index in [0.29, 0.717) is 6.54 Å². The summed E-state index contributed by atoms with van der Waals surface area (Å²) in [5.41, 5.74) is 5.44. The number of hydrogen-bond donors (Lipinski definition) is 2. The Balaban J connectivity index is 1.95. The van der Waals surface area contributed by atoms with Gasteiger partial charge in [0.25, 0.3) is 0 Å². The maximum absolute atomic E-state index is 11.9. The molecule has 0 saturated carbocycles. The molecule has 1 aliphatic heterocycles. The molecule has 0 spiro atoms. The molecule has 0 radical (unpaired) electrons. The van der Waals surface area contributed by atoms with Crippen LogP contribution in [0.25, 0.3) is 0 Å². The van der Waals surface area contributed by atoms with E-state index in [2.05, 4.69) is 19.8 Å². The Kier molecular flexibility index (Phi) is 5.08.